The Hall–Kier alpha value is -2.47. The molecule has 0 bridgehead atoms. The quantitative estimate of drug-likeness (QED) is 0.780. The highest BCUT2D eigenvalue weighted by atomic mass is 79.9. The molecule has 1 heterocycles. The van der Waals surface area contributed by atoms with Crippen molar-refractivity contribution in [1.82, 2.24) is 9.97 Å². The van der Waals surface area contributed by atoms with Crippen LogP contribution in [0.15, 0.2) is 47.2 Å². The summed E-state index contributed by atoms with van der Waals surface area (Å²) < 4.78 is 0.995. The molecule has 6 heteroatoms. The van der Waals surface area contributed by atoms with Gasteiger partial charge in [-0.2, -0.15) is 0 Å². The Morgan fingerprint density at radius 2 is 2.00 bits per heavy atom. The van der Waals surface area contributed by atoms with Gasteiger partial charge in [-0.3, -0.25) is 0 Å². The van der Waals surface area contributed by atoms with E-state index in [1.54, 1.807) is 6.07 Å². The Kier molecular flexibility index (Phi) is 3.77. The molecule has 0 spiro atoms. The molecule has 2 aromatic carbocycles. The number of carboxylic acid groups (broad SMARTS) is 1. The lowest BCUT2D eigenvalue weighted by atomic mass is 10.1. The summed E-state index contributed by atoms with van der Waals surface area (Å²) in [6.07, 6.45) is 1.40. The van der Waals surface area contributed by atoms with Crippen LogP contribution in [-0.2, 0) is 0 Å². The number of carboxylic acids is 1. The van der Waals surface area contributed by atoms with E-state index < -0.39 is 5.97 Å². The minimum Gasteiger partial charge on any atom is -0.545 e. The van der Waals surface area contributed by atoms with Crippen molar-refractivity contribution in [3.63, 3.8) is 0 Å². The number of hydrogen-bond donors (Lipinski definition) is 1. The molecule has 0 aliphatic carbocycles. The number of rotatable bonds is 3. The second kappa shape index (κ2) is 5.73. The standard InChI is InChI=1S/C16H12BrN3O2/c1-9-2-4-11(7-13(9)17)20-15-12-5-3-10(16(21)22)6-14(12)18-8-19-15/h2-8H,1H3,(H,21,22)(H,18,19,20)/p-1. The molecular weight excluding hydrogens is 346 g/mol. The molecule has 0 amide bonds. The fourth-order valence-corrected chi connectivity index (χ4v) is 2.47. The number of aromatic carboxylic acids is 1. The zero-order valence-electron chi connectivity index (χ0n) is 11.6. The van der Waals surface area contributed by atoms with Gasteiger partial charge in [0, 0.05) is 15.5 Å². The maximum atomic E-state index is 10.9. The van der Waals surface area contributed by atoms with Crippen LogP contribution in [0.2, 0.25) is 0 Å². The van der Waals surface area contributed by atoms with Crippen molar-refractivity contribution in [2.75, 3.05) is 5.32 Å². The predicted octanol–water partition coefficient (Wildman–Crippen LogP) is 2.81. The van der Waals surface area contributed by atoms with Crippen LogP contribution in [-0.4, -0.2) is 15.9 Å². The normalized spacial score (nSPS) is 10.6. The van der Waals surface area contributed by atoms with Crippen molar-refractivity contribution in [2.45, 2.75) is 6.92 Å². The van der Waals surface area contributed by atoms with Crippen LogP contribution in [0, 0.1) is 6.92 Å². The summed E-state index contributed by atoms with van der Waals surface area (Å²) in [4.78, 5) is 19.2. The Morgan fingerprint density at radius 3 is 2.73 bits per heavy atom. The van der Waals surface area contributed by atoms with E-state index in [9.17, 15) is 9.90 Å². The highest BCUT2D eigenvalue weighted by molar-refractivity contribution is 9.10. The van der Waals surface area contributed by atoms with Crippen molar-refractivity contribution in [1.29, 1.82) is 0 Å². The summed E-state index contributed by atoms with van der Waals surface area (Å²) in [5.74, 6) is -0.608. The molecule has 22 heavy (non-hydrogen) atoms. The van der Waals surface area contributed by atoms with Gasteiger partial charge in [0.25, 0.3) is 0 Å². The molecular formula is C16H11BrN3O2-. The maximum absolute atomic E-state index is 10.9. The topological polar surface area (TPSA) is 77.9 Å². The minimum absolute atomic E-state index is 0.0928. The fraction of sp³-hybridized carbons (Fsp3) is 0.0625. The predicted molar refractivity (Wildman–Crippen MR) is 86.0 cm³/mol. The number of nitrogens with one attached hydrogen (secondary N) is 1. The number of anilines is 2. The third-order valence-electron chi connectivity index (χ3n) is 3.31. The number of carbonyl (C=O) groups is 1. The van der Waals surface area contributed by atoms with E-state index in [0.29, 0.717) is 11.3 Å². The number of benzene rings is 2. The number of nitrogens with zero attached hydrogens (tertiary/aromatic N) is 2. The molecule has 3 rings (SSSR count). The van der Waals surface area contributed by atoms with Crippen LogP contribution in [0.3, 0.4) is 0 Å². The number of halogens is 1. The first-order valence-corrected chi connectivity index (χ1v) is 7.33. The molecule has 0 saturated heterocycles. The SMILES string of the molecule is Cc1ccc(Nc2ncnc3cc(C(=O)[O-])ccc23)cc1Br. The van der Waals surface area contributed by atoms with Crippen LogP contribution >= 0.6 is 15.9 Å². The molecule has 110 valence electrons. The minimum atomic E-state index is -1.22. The highest BCUT2D eigenvalue weighted by Gasteiger charge is 2.06. The average molecular weight is 357 g/mol. The van der Waals surface area contributed by atoms with E-state index in [2.05, 4.69) is 31.2 Å². The molecule has 1 N–H and O–H groups in total. The summed E-state index contributed by atoms with van der Waals surface area (Å²) in [6, 6.07) is 10.5. The number of carbonyl (C=O) groups excluding carboxylic acids is 1. The second-order valence-corrected chi connectivity index (χ2v) is 5.68. The first-order valence-electron chi connectivity index (χ1n) is 6.54. The van der Waals surface area contributed by atoms with Gasteiger partial charge in [-0.15, -0.1) is 0 Å². The van der Waals surface area contributed by atoms with Gasteiger partial charge in [-0.1, -0.05) is 28.1 Å². The lowest BCUT2D eigenvalue weighted by molar-refractivity contribution is -0.255. The zero-order valence-corrected chi connectivity index (χ0v) is 13.2. The summed E-state index contributed by atoms with van der Waals surface area (Å²) in [6.45, 7) is 2.01. The number of aromatic nitrogens is 2. The molecule has 0 saturated carbocycles. The molecule has 5 nitrogen and oxygen atoms in total. The third-order valence-corrected chi connectivity index (χ3v) is 4.16. The van der Waals surface area contributed by atoms with Gasteiger partial charge >= 0.3 is 0 Å². The Balaban J connectivity index is 2.03. The molecule has 0 unspecified atom stereocenters. The molecule has 0 fully saturated rings. The molecule has 1 aromatic heterocycles. The van der Waals surface area contributed by atoms with Gasteiger partial charge in [0.2, 0.25) is 0 Å². The lowest BCUT2D eigenvalue weighted by Crippen LogP contribution is -2.22. The van der Waals surface area contributed by atoms with Gasteiger partial charge in [0.05, 0.1) is 11.5 Å². The van der Waals surface area contributed by atoms with Crippen LogP contribution < -0.4 is 10.4 Å². The zero-order chi connectivity index (χ0) is 15.7. The summed E-state index contributed by atoms with van der Waals surface area (Å²) in [7, 11) is 0. The van der Waals surface area contributed by atoms with Gasteiger partial charge < -0.3 is 15.2 Å². The second-order valence-electron chi connectivity index (χ2n) is 4.83. The van der Waals surface area contributed by atoms with E-state index in [-0.39, 0.29) is 5.56 Å². The average Bonchev–Trinajstić information content (AvgIpc) is 2.50. The van der Waals surface area contributed by atoms with E-state index in [1.807, 2.05) is 25.1 Å². The van der Waals surface area contributed by atoms with E-state index in [4.69, 9.17) is 0 Å². The number of fused-ring (bicyclic) bond motifs is 1. The largest absolute Gasteiger partial charge is 0.545 e. The highest BCUT2D eigenvalue weighted by Crippen LogP contribution is 2.26. The van der Waals surface area contributed by atoms with Crippen LogP contribution in [0.5, 0.6) is 0 Å². The monoisotopic (exact) mass is 356 g/mol. The van der Waals surface area contributed by atoms with Crippen molar-refractivity contribution in [2.24, 2.45) is 0 Å². The maximum Gasteiger partial charge on any atom is 0.141 e. The van der Waals surface area contributed by atoms with Crippen LogP contribution in [0.4, 0.5) is 11.5 Å². The number of hydrogen-bond acceptors (Lipinski definition) is 5. The molecule has 3 aromatic rings. The lowest BCUT2D eigenvalue weighted by Gasteiger charge is -2.10. The van der Waals surface area contributed by atoms with Gasteiger partial charge in [-0.25, -0.2) is 9.97 Å². The summed E-state index contributed by atoms with van der Waals surface area (Å²) in [5.41, 5.74) is 2.65. The van der Waals surface area contributed by atoms with Gasteiger partial charge in [0.15, 0.2) is 0 Å². The van der Waals surface area contributed by atoms with Crippen LogP contribution in [0.25, 0.3) is 10.9 Å². The molecule has 0 atom stereocenters. The molecule has 0 aliphatic heterocycles. The Labute approximate surface area is 135 Å². The van der Waals surface area contributed by atoms with Gasteiger partial charge in [0.1, 0.15) is 12.1 Å². The first-order chi connectivity index (χ1) is 10.5. The van der Waals surface area contributed by atoms with Crippen molar-refractivity contribution in [3.05, 3.63) is 58.3 Å². The third kappa shape index (κ3) is 2.78. The summed E-state index contributed by atoms with van der Waals surface area (Å²) >= 11 is 3.49. The molecule has 0 radical (unpaired) electrons. The smallest absolute Gasteiger partial charge is 0.141 e. The van der Waals surface area contributed by atoms with Gasteiger partial charge in [-0.05, 0) is 42.3 Å². The van der Waals surface area contributed by atoms with Crippen molar-refractivity contribution in [3.8, 4) is 0 Å². The summed E-state index contributed by atoms with van der Waals surface area (Å²) in [5, 5.41) is 14.9. The van der Waals surface area contributed by atoms with Crippen molar-refractivity contribution >= 4 is 44.3 Å². The Bertz CT molecular complexity index is 880. The molecule has 0 aliphatic rings. The first kappa shape index (κ1) is 14.5. The Morgan fingerprint density at radius 1 is 1.18 bits per heavy atom. The van der Waals surface area contributed by atoms with Crippen molar-refractivity contribution < 1.29 is 9.90 Å². The van der Waals surface area contributed by atoms with E-state index in [0.717, 1.165) is 21.1 Å². The fourth-order valence-electron chi connectivity index (χ4n) is 2.09. The number of aryl methyl sites for hydroxylation is 1. The van der Waals surface area contributed by atoms with E-state index >= 15 is 0 Å². The van der Waals surface area contributed by atoms with E-state index in [1.165, 1.54) is 18.5 Å². The van der Waals surface area contributed by atoms with Crippen LogP contribution in [0.1, 0.15) is 15.9 Å².